The largest absolute Gasteiger partial charge is 0.338 e. The highest BCUT2D eigenvalue weighted by atomic mass is 32.1. The van der Waals surface area contributed by atoms with Crippen LogP contribution in [0, 0.1) is 19.8 Å². The number of benzene rings is 1. The number of carbonyl (C=O) groups excluding carboxylic acids is 2. The van der Waals surface area contributed by atoms with Crippen molar-refractivity contribution in [2.24, 2.45) is 5.92 Å². The highest BCUT2D eigenvalue weighted by Crippen LogP contribution is 2.37. The zero-order valence-corrected chi connectivity index (χ0v) is 14.2. The van der Waals surface area contributed by atoms with Gasteiger partial charge in [-0.05, 0) is 19.4 Å². The maximum Gasteiger partial charge on any atom is 0.232 e. The molecule has 23 heavy (non-hydrogen) atoms. The van der Waals surface area contributed by atoms with Gasteiger partial charge in [-0.2, -0.15) is 0 Å². The summed E-state index contributed by atoms with van der Waals surface area (Å²) in [7, 11) is 1.75. The van der Waals surface area contributed by atoms with E-state index in [0.29, 0.717) is 5.13 Å². The first-order valence-corrected chi connectivity index (χ1v) is 8.34. The van der Waals surface area contributed by atoms with Gasteiger partial charge >= 0.3 is 0 Å². The number of carbonyl (C=O) groups is 2. The molecule has 0 aliphatic carbocycles. The van der Waals surface area contributed by atoms with Crippen LogP contribution in [0.5, 0.6) is 0 Å². The normalized spacial score (nSPS) is 20.8. The second-order valence-electron chi connectivity index (χ2n) is 5.82. The van der Waals surface area contributed by atoms with Crippen molar-refractivity contribution in [3.8, 4) is 0 Å². The van der Waals surface area contributed by atoms with E-state index >= 15 is 0 Å². The fraction of sp³-hybridized carbons (Fsp3) is 0.353. The molecule has 6 heteroatoms. The molecule has 2 atom stereocenters. The fourth-order valence-electron chi connectivity index (χ4n) is 2.94. The van der Waals surface area contributed by atoms with Crippen molar-refractivity contribution in [1.29, 1.82) is 0 Å². The molecular formula is C17H19N3O2S. The number of hydrogen-bond donors (Lipinski definition) is 1. The summed E-state index contributed by atoms with van der Waals surface area (Å²) in [5.74, 6) is -0.560. The van der Waals surface area contributed by atoms with Crippen LogP contribution in [0.1, 0.15) is 28.6 Å². The number of thiazole rings is 1. The van der Waals surface area contributed by atoms with Gasteiger partial charge in [0.1, 0.15) is 0 Å². The van der Waals surface area contributed by atoms with E-state index < -0.39 is 5.92 Å². The van der Waals surface area contributed by atoms with Gasteiger partial charge in [0.15, 0.2) is 5.13 Å². The standard InChI is InChI=1S/C17H19N3O2S/c1-10-11(2)23-17(18-10)19-16(22)13-9-14(21)20(3)15(13)12-7-5-4-6-8-12/h4-8,13,15H,9H2,1-3H3,(H,18,19,22). The van der Waals surface area contributed by atoms with Gasteiger partial charge in [-0.15, -0.1) is 11.3 Å². The second kappa shape index (κ2) is 6.12. The molecule has 1 aliphatic heterocycles. The molecule has 0 saturated carbocycles. The van der Waals surface area contributed by atoms with E-state index in [2.05, 4.69) is 10.3 Å². The Hall–Kier alpha value is -2.21. The number of rotatable bonds is 3. The minimum Gasteiger partial charge on any atom is -0.338 e. The predicted octanol–water partition coefficient (Wildman–Crippen LogP) is 2.92. The molecule has 0 radical (unpaired) electrons. The van der Waals surface area contributed by atoms with Crippen LogP contribution in [0.15, 0.2) is 30.3 Å². The third-order valence-corrected chi connectivity index (χ3v) is 5.31. The smallest absolute Gasteiger partial charge is 0.232 e. The highest BCUT2D eigenvalue weighted by Gasteiger charge is 2.42. The molecule has 1 aliphatic rings. The summed E-state index contributed by atoms with van der Waals surface area (Å²) in [5.41, 5.74) is 1.90. The van der Waals surface area contributed by atoms with E-state index in [1.807, 2.05) is 44.2 Å². The first-order chi connectivity index (χ1) is 11.0. The van der Waals surface area contributed by atoms with E-state index in [0.717, 1.165) is 16.1 Å². The van der Waals surface area contributed by atoms with Crippen LogP contribution in [0.4, 0.5) is 5.13 Å². The Bertz CT molecular complexity index is 722. The number of likely N-dealkylation sites (tertiary alicyclic amines) is 1. The summed E-state index contributed by atoms with van der Waals surface area (Å²) in [4.78, 5) is 31.9. The maximum atomic E-state index is 12.7. The third-order valence-electron chi connectivity index (χ3n) is 4.32. The molecule has 2 amide bonds. The van der Waals surface area contributed by atoms with Gasteiger partial charge in [0.25, 0.3) is 0 Å². The summed E-state index contributed by atoms with van der Waals surface area (Å²) >= 11 is 1.46. The number of hydrogen-bond acceptors (Lipinski definition) is 4. The molecule has 1 N–H and O–H groups in total. The number of nitrogens with one attached hydrogen (secondary N) is 1. The molecule has 1 aromatic carbocycles. The van der Waals surface area contributed by atoms with E-state index in [4.69, 9.17) is 0 Å². The zero-order valence-electron chi connectivity index (χ0n) is 13.4. The summed E-state index contributed by atoms with van der Waals surface area (Å²) in [5, 5.41) is 3.47. The van der Waals surface area contributed by atoms with Crippen LogP contribution in [-0.2, 0) is 9.59 Å². The predicted molar refractivity (Wildman–Crippen MR) is 90.3 cm³/mol. The maximum absolute atomic E-state index is 12.7. The van der Waals surface area contributed by atoms with Gasteiger partial charge in [0.2, 0.25) is 11.8 Å². The minimum absolute atomic E-state index is 0.00879. The SMILES string of the molecule is Cc1nc(NC(=O)C2CC(=O)N(C)C2c2ccccc2)sc1C. The number of anilines is 1. The highest BCUT2D eigenvalue weighted by molar-refractivity contribution is 7.15. The molecule has 1 aromatic heterocycles. The summed E-state index contributed by atoms with van der Waals surface area (Å²) in [6.45, 7) is 3.89. The molecule has 0 bridgehead atoms. The molecule has 5 nitrogen and oxygen atoms in total. The van der Waals surface area contributed by atoms with E-state index in [1.165, 1.54) is 11.3 Å². The van der Waals surface area contributed by atoms with Crippen molar-refractivity contribution in [2.75, 3.05) is 12.4 Å². The van der Waals surface area contributed by atoms with Gasteiger partial charge in [-0.1, -0.05) is 30.3 Å². The van der Waals surface area contributed by atoms with E-state index in [9.17, 15) is 9.59 Å². The Balaban J connectivity index is 1.84. The number of aryl methyl sites for hydroxylation is 2. The average Bonchev–Trinajstić information content (AvgIpc) is 3.00. The number of aromatic nitrogens is 1. The minimum atomic E-state index is -0.403. The van der Waals surface area contributed by atoms with Crippen molar-refractivity contribution in [3.63, 3.8) is 0 Å². The first kappa shape index (κ1) is 15.7. The van der Waals surface area contributed by atoms with Crippen LogP contribution in [0.2, 0.25) is 0 Å². The Labute approximate surface area is 139 Å². The molecule has 2 unspecified atom stereocenters. The number of nitrogens with zero attached hydrogens (tertiary/aromatic N) is 2. The Morgan fingerprint density at radius 2 is 2.00 bits per heavy atom. The van der Waals surface area contributed by atoms with Crippen LogP contribution in [0.25, 0.3) is 0 Å². The van der Waals surface area contributed by atoms with Crippen molar-refractivity contribution in [2.45, 2.75) is 26.3 Å². The third kappa shape index (κ3) is 2.99. The summed E-state index contributed by atoms with van der Waals surface area (Å²) < 4.78 is 0. The lowest BCUT2D eigenvalue weighted by atomic mass is 9.93. The van der Waals surface area contributed by atoms with Crippen molar-refractivity contribution < 1.29 is 9.59 Å². The van der Waals surface area contributed by atoms with Crippen LogP contribution >= 0.6 is 11.3 Å². The Morgan fingerprint density at radius 3 is 2.61 bits per heavy atom. The lowest BCUT2D eigenvalue weighted by Crippen LogP contribution is -2.29. The van der Waals surface area contributed by atoms with Gasteiger partial charge in [-0.25, -0.2) is 4.98 Å². The quantitative estimate of drug-likeness (QED) is 0.942. The Morgan fingerprint density at radius 1 is 1.30 bits per heavy atom. The van der Waals surface area contributed by atoms with Crippen LogP contribution in [0.3, 0.4) is 0 Å². The summed E-state index contributed by atoms with van der Waals surface area (Å²) in [6.07, 6.45) is 0.227. The van der Waals surface area contributed by atoms with Gasteiger partial charge in [0, 0.05) is 18.3 Å². The molecule has 3 rings (SSSR count). The lowest BCUT2D eigenvalue weighted by molar-refractivity contribution is -0.127. The second-order valence-corrected chi connectivity index (χ2v) is 7.02. The molecule has 0 spiro atoms. The molecular weight excluding hydrogens is 310 g/mol. The molecule has 2 aromatic rings. The average molecular weight is 329 g/mol. The van der Waals surface area contributed by atoms with Crippen LogP contribution in [-0.4, -0.2) is 28.7 Å². The molecule has 2 heterocycles. The molecule has 120 valence electrons. The van der Waals surface area contributed by atoms with Crippen LogP contribution < -0.4 is 5.32 Å². The van der Waals surface area contributed by atoms with Gasteiger partial charge in [0.05, 0.1) is 17.7 Å². The Kier molecular flexibility index (Phi) is 4.17. The zero-order chi connectivity index (χ0) is 16.6. The first-order valence-electron chi connectivity index (χ1n) is 7.53. The van der Waals surface area contributed by atoms with Crippen molar-refractivity contribution in [3.05, 3.63) is 46.5 Å². The van der Waals surface area contributed by atoms with Crippen molar-refractivity contribution in [1.82, 2.24) is 9.88 Å². The van der Waals surface area contributed by atoms with Crippen molar-refractivity contribution >= 4 is 28.3 Å². The monoisotopic (exact) mass is 329 g/mol. The molecule has 1 saturated heterocycles. The number of amides is 2. The van der Waals surface area contributed by atoms with Gasteiger partial charge < -0.3 is 10.2 Å². The van der Waals surface area contributed by atoms with E-state index in [1.54, 1.807) is 11.9 Å². The molecule has 1 fully saturated rings. The van der Waals surface area contributed by atoms with E-state index in [-0.39, 0.29) is 24.3 Å². The lowest BCUT2D eigenvalue weighted by Gasteiger charge is -2.24. The summed E-state index contributed by atoms with van der Waals surface area (Å²) in [6, 6.07) is 9.46. The van der Waals surface area contributed by atoms with Gasteiger partial charge in [-0.3, -0.25) is 9.59 Å². The fourth-order valence-corrected chi connectivity index (χ4v) is 3.75. The topological polar surface area (TPSA) is 62.3 Å².